The average Bonchev–Trinajstić information content (AvgIpc) is 2.03. The molecule has 0 saturated carbocycles. The zero-order valence-corrected chi connectivity index (χ0v) is 8.15. The highest BCUT2D eigenvalue weighted by molar-refractivity contribution is 7.98. The molecule has 0 amide bonds. The average molecular weight is 180 g/mol. The van der Waals surface area contributed by atoms with E-state index in [9.17, 15) is 4.79 Å². The third kappa shape index (κ3) is 2.70. The fraction of sp³-hybridized carbons (Fsp3) is 0.300. The number of ketones is 1. The number of hydrogen-bond acceptors (Lipinski definition) is 2. The summed E-state index contributed by atoms with van der Waals surface area (Å²) in [5.41, 5.74) is 1.11. The molecule has 1 aromatic rings. The van der Waals surface area contributed by atoms with Gasteiger partial charge in [0.05, 0.1) is 0 Å². The second-order valence-corrected chi connectivity index (χ2v) is 3.61. The molecule has 0 aromatic heterocycles. The fourth-order valence-corrected chi connectivity index (χ4v) is 1.55. The van der Waals surface area contributed by atoms with Crippen LogP contribution in [0, 0.1) is 0 Å². The summed E-state index contributed by atoms with van der Waals surface area (Å²) in [6.07, 6.45) is 2.58. The number of carbonyl (C=O) groups is 1. The molecule has 2 heteroatoms. The normalized spacial score (nSPS) is 9.83. The van der Waals surface area contributed by atoms with Gasteiger partial charge >= 0.3 is 0 Å². The Bertz CT molecular complexity index is 281. The lowest BCUT2D eigenvalue weighted by molar-refractivity contribution is -0.116. The van der Waals surface area contributed by atoms with E-state index >= 15 is 0 Å². The van der Waals surface area contributed by atoms with Crippen LogP contribution in [0.1, 0.15) is 12.5 Å². The molecule has 0 aliphatic carbocycles. The van der Waals surface area contributed by atoms with Crippen molar-refractivity contribution < 1.29 is 4.79 Å². The summed E-state index contributed by atoms with van der Waals surface area (Å²) in [5.74, 6) is 0.216. The van der Waals surface area contributed by atoms with Gasteiger partial charge in [0.2, 0.25) is 0 Å². The molecule has 0 atom stereocenters. The van der Waals surface area contributed by atoms with Crippen molar-refractivity contribution in [1.82, 2.24) is 0 Å². The maximum absolute atomic E-state index is 10.8. The molecule has 1 aromatic carbocycles. The van der Waals surface area contributed by atoms with Gasteiger partial charge in [-0.15, -0.1) is 11.8 Å². The van der Waals surface area contributed by atoms with Crippen LogP contribution in [0.15, 0.2) is 29.2 Å². The predicted octanol–water partition coefficient (Wildman–Crippen LogP) is 2.54. The smallest absolute Gasteiger partial charge is 0.134 e. The van der Waals surface area contributed by atoms with Crippen LogP contribution in [0.3, 0.4) is 0 Å². The highest BCUT2D eigenvalue weighted by Crippen LogP contribution is 2.15. The van der Waals surface area contributed by atoms with Crippen LogP contribution in [0.25, 0.3) is 0 Å². The van der Waals surface area contributed by atoms with Crippen LogP contribution < -0.4 is 0 Å². The summed E-state index contributed by atoms with van der Waals surface area (Å²) in [4.78, 5) is 12.0. The van der Waals surface area contributed by atoms with Gasteiger partial charge in [-0.05, 0) is 30.9 Å². The van der Waals surface area contributed by atoms with Crippen molar-refractivity contribution in [2.24, 2.45) is 0 Å². The van der Waals surface area contributed by atoms with Gasteiger partial charge in [0, 0.05) is 11.3 Å². The van der Waals surface area contributed by atoms with Crippen molar-refractivity contribution in [2.45, 2.75) is 18.2 Å². The monoisotopic (exact) mass is 180 g/mol. The van der Waals surface area contributed by atoms with Gasteiger partial charge in [-0.3, -0.25) is 4.79 Å². The van der Waals surface area contributed by atoms with Gasteiger partial charge in [0.1, 0.15) is 5.78 Å². The van der Waals surface area contributed by atoms with Crippen molar-refractivity contribution in [3.8, 4) is 0 Å². The van der Waals surface area contributed by atoms with Crippen LogP contribution in [-0.4, -0.2) is 12.0 Å². The fourth-order valence-electron chi connectivity index (χ4n) is 1.07. The Balaban J connectivity index is 2.79. The molecule has 0 spiro atoms. The van der Waals surface area contributed by atoms with Crippen LogP contribution in [0.5, 0.6) is 0 Å². The summed E-state index contributed by atoms with van der Waals surface area (Å²) in [7, 11) is 0. The van der Waals surface area contributed by atoms with E-state index in [0.29, 0.717) is 6.42 Å². The number of hydrogen-bond donors (Lipinski definition) is 0. The Morgan fingerprint density at radius 1 is 1.50 bits per heavy atom. The number of Topliss-reactive ketones (excluding diaryl/α,β-unsaturated/α-hetero) is 1. The van der Waals surface area contributed by atoms with Crippen LogP contribution >= 0.6 is 11.8 Å². The summed E-state index contributed by atoms with van der Waals surface area (Å²) in [6.45, 7) is 1.62. The first-order valence-corrected chi connectivity index (χ1v) is 5.07. The molecule has 0 bridgehead atoms. The molecule has 1 nitrogen and oxygen atoms in total. The molecule has 0 N–H and O–H groups in total. The van der Waals surface area contributed by atoms with Crippen LogP contribution in [0.2, 0.25) is 0 Å². The summed E-state index contributed by atoms with van der Waals surface area (Å²) in [5, 5.41) is 0. The predicted molar refractivity (Wildman–Crippen MR) is 52.6 cm³/mol. The minimum Gasteiger partial charge on any atom is -0.300 e. The summed E-state index contributed by atoms with van der Waals surface area (Å²) < 4.78 is 0. The zero-order valence-electron chi connectivity index (χ0n) is 7.33. The van der Waals surface area contributed by atoms with Gasteiger partial charge in [-0.2, -0.15) is 0 Å². The lowest BCUT2D eigenvalue weighted by atomic mass is 10.1. The highest BCUT2D eigenvalue weighted by Gasteiger charge is 1.97. The first-order valence-electron chi connectivity index (χ1n) is 3.84. The second kappa shape index (κ2) is 4.31. The van der Waals surface area contributed by atoms with Gasteiger partial charge in [-0.1, -0.05) is 12.1 Å². The van der Waals surface area contributed by atoms with Crippen molar-refractivity contribution >= 4 is 17.5 Å². The molecular weight excluding hydrogens is 168 g/mol. The molecule has 0 aliphatic heterocycles. The maximum Gasteiger partial charge on any atom is 0.134 e. The molecule has 0 unspecified atom stereocenters. The first-order chi connectivity index (χ1) is 5.72. The van der Waals surface area contributed by atoms with Crippen LogP contribution in [-0.2, 0) is 11.2 Å². The van der Waals surface area contributed by atoms with Crippen molar-refractivity contribution in [1.29, 1.82) is 0 Å². The van der Waals surface area contributed by atoms with E-state index in [1.54, 1.807) is 18.7 Å². The summed E-state index contributed by atoms with van der Waals surface area (Å²) >= 11 is 1.70. The Labute approximate surface area is 77.2 Å². The number of thioether (sulfide) groups is 1. The highest BCUT2D eigenvalue weighted by atomic mass is 32.2. The molecular formula is C10H12OS. The molecule has 1 rings (SSSR count). The van der Waals surface area contributed by atoms with Gasteiger partial charge < -0.3 is 0 Å². The van der Waals surface area contributed by atoms with E-state index in [4.69, 9.17) is 0 Å². The van der Waals surface area contributed by atoms with Crippen LogP contribution in [0.4, 0.5) is 0 Å². The topological polar surface area (TPSA) is 17.1 Å². The molecule has 12 heavy (non-hydrogen) atoms. The van der Waals surface area contributed by atoms with E-state index in [-0.39, 0.29) is 5.78 Å². The van der Waals surface area contributed by atoms with Gasteiger partial charge in [-0.25, -0.2) is 0 Å². The quantitative estimate of drug-likeness (QED) is 0.665. The lowest BCUT2D eigenvalue weighted by Gasteiger charge is -1.99. The van der Waals surface area contributed by atoms with Gasteiger partial charge in [0.15, 0.2) is 0 Å². The molecule has 0 heterocycles. The molecule has 0 saturated heterocycles. The number of rotatable bonds is 3. The minimum atomic E-state index is 0.216. The molecule has 0 fully saturated rings. The van der Waals surface area contributed by atoms with Crippen molar-refractivity contribution in [2.75, 3.05) is 6.26 Å². The maximum atomic E-state index is 10.8. The molecule has 0 radical (unpaired) electrons. The number of carbonyl (C=O) groups excluding carboxylic acids is 1. The van der Waals surface area contributed by atoms with E-state index in [1.165, 1.54) is 4.90 Å². The first kappa shape index (κ1) is 9.33. The molecule has 0 aliphatic rings. The number of benzene rings is 1. The molecule has 64 valence electrons. The standard InChI is InChI=1S/C10H12OS/c1-8(11)6-9-4-3-5-10(7-9)12-2/h3-5,7H,6H2,1-2H3. The summed E-state index contributed by atoms with van der Waals surface area (Å²) in [6, 6.07) is 8.09. The van der Waals surface area contributed by atoms with Crippen molar-refractivity contribution in [3.05, 3.63) is 29.8 Å². The zero-order chi connectivity index (χ0) is 8.97. The van der Waals surface area contributed by atoms with Crippen molar-refractivity contribution in [3.63, 3.8) is 0 Å². The third-order valence-electron chi connectivity index (χ3n) is 1.59. The van der Waals surface area contributed by atoms with Gasteiger partial charge in [0.25, 0.3) is 0 Å². The van der Waals surface area contributed by atoms with E-state index in [0.717, 1.165) is 5.56 Å². The Kier molecular flexibility index (Phi) is 3.35. The van der Waals surface area contributed by atoms with E-state index in [1.807, 2.05) is 24.5 Å². The van der Waals surface area contributed by atoms with E-state index in [2.05, 4.69) is 6.07 Å². The largest absolute Gasteiger partial charge is 0.300 e. The Morgan fingerprint density at radius 2 is 2.25 bits per heavy atom. The second-order valence-electron chi connectivity index (χ2n) is 2.73. The Morgan fingerprint density at radius 3 is 2.83 bits per heavy atom. The van der Waals surface area contributed by atoms with E-state index < -0.39 is 0 Å². The Hall–Kier alpha value is -0.760. The lowest BCUT2D eigenvalue weighted by Crippen LogP contribution is -1.95. The minimum absolute atomic E-state index is 0.216. The SMILES string of the molecule is CSc1cccc(CC(C)=O)c1. The third-order valence-corrected chi connectivity index (χ3v) is 2.31.